The second-order valence-electron chi connectivity index (χ2n) is 7.13. The van der Waals surface area contributed by atoms with E-state index in [2.05, 4.69) is 0 Å². The molecule has 0 amide bonds. The first-order valence-corrected chi connectivity index (χ1v) is 10.9. The second-order valence-corrected chi connectivity index (χ2v) is 8.97. The van der Waals surface area contributed by atoms with Crippen molar-refractivity contribution in [2.24, 2.45) is 0 Å². The Morgan fingerprint density at radius 1 is 0.897 bits per heavy atom. The predicted octanol–water partition coefficient (Wildman–Crippen LogP) is 4.83. The first-order chi connectivity index (χ1) is 14.0. The number of hydrogen-bond acceptors (Lipinski definition) is 3. The molecule has 0 bridgehead atoms. The topological polar surface area (TPSA) is 46.4 Å². The molecule has 0 N–H and O–H groups in total. The number of nitrogens with zero attached hydrogens (tertiary/aromatic N) is 1. The zero-order valence-corrected chi connectivity index (χ0v) is 17.2. The van der Waals surface area contributed by atoms with Crippen LogP contribution in [0.5, 0.6) is 5.75 Å². The summed E-state index contributed by atoms with van der Waals surface area (Å²) in [6, 6.07) is 24.1. The van der Waals surface area contributed by atoms with Crippen molar-refractivity contribution in [1.82, 2.24) is 4.31 Å². The molecule has 1 aliphatic heterocycles. The Morgan fingerprint density at radius 2 is 1.55 bits per heavy atom. The predicted molar refractivity (Wildman–Crippen MR) is 115 cm³/mol. The van der Waals surface area contributed by atoms with Crippen LogP contribution in [0.3, 0.4) is 0 Å². The average Bonchev–Trinajstić information content (AvgIpc) is 3.49. The van der Waals surface area contributed by atoms with Crippen LogP contribution < -0.4 is 4.74 Å². The van der Waals surface area contributed by atoms with Crippen molar-refractivity contribution >= 4 is 16.1 Å². The minimum absolute atomic E-state index is 0.197. The molecule has 0 aliphatic carbocycles. The zero-order chi connectivity index (χ0) is 20.4. The highest BCUT2D eigenvalue weighted by atomic mass is 32.2. The van der Waals surface area contributed by atoms with Gasteiger partial charge in [-0.1, -0.05) is 72.3 Å². The van der Waals surface area contributed by atoms with Gasteiger partial charge in [0.15, 0.2) is 0 Å². The number of hydrogen-bond donors (Lipinski definition) is 0. The SMILES string of the molecule is COc1ccc(/C=C/[C@@H]2[C@@H](c3ccccc3)N2S(=O)(=O)c2ccc(C)cc2)cc1. The highest BCUT2D eigenvalue weighted by molar-refractivity contribution is 7.89. The number of rotatable bonds is 6. The van der Waals surface area contributed by atoms with E-state index in [1.54, 1.807) is 23.5 Å². The Morgan fingerprint density at radius 3 is 2.17 bits per heavy atom. The van der Waals surface area contributed by atoms with Gasteiger partial charge in [-0.15, -0.1) is 0 Å². The molecule has 4 nitrogen and oxygen atoms in total. The third kappa shape index (κ3) is 3.97. The summed E-state index contributed by atoms with van der Waals surface area (Å²) < 4.78 is 33.3. The van der Waals surface area contributed by atoms with Crippen molar-refractivity contribution in [3.63, 3.8) is 0 Å². The molecule has 4 rings (SSSR count). The molecule has 0 spiro atoms. The van der Waals surface area contributed by atoms with Crippen LogP contribution in [0.15, 0.2) is 89.8 Å². The molecule has 0 radical (unpaired) electrons. The van der Waals surface area contributed by atoms with Gasteiger partial charge in [0.25, 0.3) is 0 Å². The summed E-state index contributed by atoms with van der Waals surface area (Å²) in [4.78, 5) is 0.323. The van der Waals surface area contributed by atoms with Gasteiger partial charge in [0.05, 0.1) is 24.1 Å². The van der Waals surface area contributed by atoms with E-state index in [-0.39, 0.29) is 12.1 Å². The molecule has 1 aliphatic rings. The number of methoxy groups -OCH3 is 1. The fourth-order valence-corrected chi connectivity index (χ4v) is 5.20. The second kappa shape index (κ2) is 7.85. The molecule has 29 heavy (non-hydrogen) atoms. The van der Waals surface area contributed by atoms with Gasteiger partial charge < -0.3 is 4.74 Å². The van der Waals surface area contributed by atoms with Gasteiger partial charge >= 0.3 is 0 Å². The smallest absolute Gasteiger partial charge is 0.244 e. The fourth-order valence-electron chi connectivity index (χ4n) is 3.48. The summed E-state index contributed by atoms with van der Waals surface area (Å²) in [5, 5.41) is 0. The van der Waals surface area contributed by atoms with Crippen molar-refractivity contribution < 1.29 is 13.2 Å². The van der Waals surface area contributed by atoms with Gasteiger partial charge in [0.1, 0.15) is 5.75 Å². The minimum Gasteiger partial charge on any atom is -0.497 e. The van der Waals surface area contributed by atoms with Crippen molar-refractivity contribution in [3.05, 3.63) is 102 Å². The number of benzene rings is 3. The Hall–Kier alpha value is -2.89. The van der Waals surface area contributed by atoms with E-state index >= 15 is 0 Å². The maximum absolute atomic E-state index is 13.3. The lowest BCUT2D eigenvalue weighted by molar-refractivity contribution is 0.415. The molecule has 0 saturated carbocycles. The molecule has 3 atom stereocenters. The third-order valence-electron chi connectivity index (χ3n) is 5.14. The fraction of sp³-hybridized carbons (Fsp3) is 0.167. The van der Waals surface area contributed by atoms with Crippen molar-refractivity contribution in [1.29, 1.82) is 0 Å². The van der Waals surface area contributed by atoms with Gasteiger partial charge in [0.2, 0.25) is 10.0 Å². The van der Waals surface area contributed by atoms with Crippen LogP contribution in [-0.2, 0) is 10.0 Å². The van der Waals surface area contributed by atoms with Gasteiger partial charge in [0, 0.05) is 0 Å². The summed E-state index contributed by atoms with van der Waals surface area (Å²) in [6.45, 7) is 1.95. The van der Waals surface area contributed by atoms with Crippen LogP contribution >= 0.6 is 0 Å². The standard InChI is InChI=1S/C24H23NO3S/c1-18-8-15-22(16-9-18)29(26,27)25-23(24(25)20-6-4-3-5-7-20)17-12-19-10-13-21(28-2)14-11-19/h3-17,23-24H,1-2H3/b17-12+/t23-,24-,25?/m1/s1. The largest absolute Gasteiger partial charge is 0.497 e. The van der Waals surface area contributed by atoms with Gasteiger partial charge in [-0.25, -0.2) is 8.42 Å². The maximum Gasteiger partial charge on any atom is 0.244 e. The summed E-state index contributed by atoms with van der Waals surface area (Å²) in [5.74, 6) is 0.791. The number of sulfonamides is 1. The van der Waals surface area contributed by atoms with E-state index in [1.165, 1.54) is 0 Å². The van der Waals surface area contributed by atoms with Gasteiger partial charge in [-0.05, 0) is 42.3 Å². The molecule has 1 unspecified atom stereocenters. The Labute approximate surface area is 172 Å². The molecule has 1 heterocycles. The number of ether oxygens (including phenoxy) is 1. The highest BCUT2D eigenvalue weighted by Crippen LogP contribution is 2.48. The van der Waals surface area contributed by atoms with Crippen LogP contribution in [0.4, 0.5) is 0 Å². The van der Waals surface area contributed by atoms with Crippen molar-refractivity contribution in [2.75, 3.05) is 7.11 Å². The Kier molecular flexibility index (Phi) is 5.26. The minimum atomic E-state index is -3.58. The molecular weight excluding hydrogens is 382 g/mol. The zero-order valence-electron chi connectivity index (χ0n) is 16.4. The molecule has 1 fully saturated rings. The summed E-state index contributed by atoms with van der Waals surface area (Å²) in [5.41, 5.74) is 3.02. The van der Waals surface area contributed by atoms with Crippen LogP contribution in [-0.4, -0.2) is 25.9 Å². The molecule has 5 heteroatoms. The normalized spacial score (nSPS) is 21.2. The van der Waals surface area contributed by atoms with Gasteiger partial charge in [-0.3, -0.25) is 0 Å². The van der Waals surface area contributed by atoms with Crippen LogP contribution in [0.1, 0.15) is 22.7 Å². The monoisotopic (exact) mass is 405 g/mol. The molecule has 0 aromatic heterocycles. The Balaban J connectivity index is 1.64. The summed E-state index contributed by atoms with van der Waals surface area (Å²) >= 11 is 0. The van der Waals surface area contributed by atoms with Crippen LogP contribution in [0, 0.1) is 6.92 Å². The lowest BCUT2D eigenvalue weighted by Crippen LogP contribution is -2.14. The lowest BCUT2D eigenvalue weighted by Gasteiger charge is -2.07. The van der Waals surface area contributed by atoms with Crippen molar-refractivity contribution in [3.8, 4) is 5.75 Å². The molecule has 148 valence electrons. The van der Waals surface area contributed by atoms with Crippen LogP contribution in [0.25, 0.3) is 6.08 Å². The first kappa shape index (κ1) is 19.4. The number of aryl methyl sites for hydroxylation is 1. The van der Waals surface area contributed by atoms with E-state index < -0.39 is 10.0 Å². The maximum atomic E-state index is 13.3. The van der Waals surface area contributed by atoms with E-state index in [4.69, 9.17) is 4.74 Å². The summed E-state index contributed by atoms with van der Waals surface area (Å²) in [6.07, 6.45) is 3.93. The Bertz CT molecular complexity index is 1110. The van der Waals surface area contributed by atoms with Gasteiger partial charge in [-0.2, -0.15) is 4.31 Å². The molecule has 3 aromatic rings. The quantitative estimate of drug-likeness (QED) is 0.552. The van der Waals surface area contributed by atoms with E-state index in [0.29, 0.717) is 4.90 Å². The lowest BCUT2D eigenvalue weighted by atomic mass is 10.1. The highest BCUT2D eigenvalue weighted by Gasteiger charge is 2.54. The average molecular weight is 406 g/mol. The van der Waals surface area contributed by atoms with E-state index in [1.807, 2.05) is 85.8 Å². The third-order valence-corrected chi connectivity index (χ3v) is 7.03. The first-order valence-electron chi connectivity index (χ1n) is 9.48. The molecule has 3 aromatic carbocycles. The van der Waals surface area contributed by atoms with Crippen LogP contribution in [0.2, 0.25) is 0 Å². The van der Waals surface area contributed by atoms with E-state index in [9.17, 15) is 8.42 Å². The molecular formula is C24H23NO3S. The summed E-state index contributed by atoms with van der Waals surface area (Å²) in [7, 11) is -1.95. The molecule has 1 saturated heterocycles. The van der Waals surface area contributed by atoms with E-state index in [0.717, 1.165) is 22.4 Å². The van der Waals surface area contributed by atoms with Crippen molar-refractivity contribution in [2.45, 2.75) is 23.9 Å².